The summed E-state index contributed by atoms with van der Waals surface area (Å²) in [7, 11) is 1.66. The molecular formula is C25H25NO2. The molecule has 1 atom stereocenters. The number of benzene rings is 3. The molecule has 4 rings (SSSR count). The van der Waals surface area contributed by atoms with Crippen molar-refractivity contribution < 1.29 is 9.53 Å². The standard InChI is InChI=1S/C25H25NO2/c1-28-24-13-9-20(10-14-24)18-26-16-15-23(25(26)27)17-19-7-11-22(12-8-19)21-5-3-2-4-6-21/h2-14,23H,15-18H2,1H3/t23-/m1/s1. The van der Waals surface area contributed by atoms with E-state index in [4.69, 9.17) is 4.74 Å². The lowest BCUT2D eigenvalue weighted by atomic mass is 9.96. The van der Waals surface area contributed by atoms with Crippen LogP contribution in [0.3, 0.4) is 0 Å². The molecule has 1 aliphatic rings. The van der Waals surface area contributed by atoms with E-state index in [0.717, 1.165) is 30.7 Å². The molecule has 0 radical (unpaired) electrons. The van der Waals surface area contributed by atoms with E-state index in [-0.39, 0.29) is 11.8 Å². The summed E-state index contributed by atoms with van der Waals surface area (Å²) in [6.07, 6.45) is 1.74. The Hall–Kier alpha value is -3.07. The molecule has 28 heavy (non-hydrogen) atoms. The maximum Gasteiger partial charge on any atom is 0.226 e. The molecule has 1 heterocycles. The maximum atomic E-state index is 12.8. The van der Waals surface area contributed by atoms with Gasteiger partial charge in [-0.15, -0.1) is 0 Å². The summed E-state index contributed by atoms with van der Waals surface area (Å²) in [4.78, 5) is 14.8. The van der Waals surface area contributed by atoms with E-state index in [2.05, 4.69) is 48.5 Å². The lowest BCUT2D eigenvalue weighted by Gasteiger charge is -2.17. The van der Waals surface area contributed by atoms with E-state index in [0.29, 0.717) is 6.54 Å². The molecule has 1 amide bonds. The number of hydrogen-bond acceptors (Lipinski definition) is 2. The Morgan fingerprint density at radius 2 is 1.50 bits per heavy atom. The van der Waals surface area contributed by atoms with Crippen LogP contribution in [0, 0.1) is 5.92 Å². The number of nitrogens with zero attached hydrogens (tertiary/aromatic N) is 1. The van der Waals surface area contributed by atoms with Crippen LogP contribution < -0.4 is 4.74 Å². The molecule has 0 N–H and O–H groups in total. The highest BCUT2D eigenvalue weighted by Gasteiger charge is 2.31. The van der Waals surface area contributed by atoms with Crippen LogP contribution in [0.1, 0.15) is 17.5 Å². The molecule has 3 nitrogen and oxygen atoms in total. The largest absolute Gasteiger partial charge is 0.497 e. The second-order valence-corrected chi connectivity index (χ2v) is 7.36. The van der Waals surface area contributed by atoms with Gasteiger partial charge in [0.15, 0.2) is 0 Å². The number of hydrogen-bond donors (Lipinski definition) is 0. The number of ether oxygens (including phenoxy) is 1. The van der Waals surface area contributed by atoms with E-state index in [1.807, 2.05) is 35.2 Å². The van der Waals surface area contributed by atoms with E-state index in [9.17, 15) is 4.79 Å². The summed E-state index contributed by atoms with van der Waals surface area (Å²) in [6.45, 7) is 1.50. The molecule has 1 aliphatic heterocycles. The second kappa shape index (κ2) is 8.30. The Bertz CT molecular complexity index is 917. The lowest BCUT2D eigenvalue weighted by molar-refractivity contribution is -0.131. The summed E-state index contributed by atoms with van der Waals surface area (Å²) >= 11 is 0. The van der Waals surface area contributed by atoms with Crippen LogP contribution in [0.2, 0.25) is 0 Å². The highest BCUT2D eigenvalue weighted by molar-refractivity contribution is 5.81. The van der Waals surface area contributed by atoms with Crippen LogP contribution in [0.15, 0.2) is 78.9 Å². The van der Waals surface area contributed by atoms with Gasteiger partial charge in [0.05, 0.1) is 7.11 Å². The Kier molecular flexibility index (Phi) is 5.43. The fourth-order valence-corrected chi connectivity index (χ4v) is 3.85. The van der Waals surface area contributed by atoms with Gasteiger partial charge in [-0.05, 0) is 47.2 Å². The van der Waals surface area contributed by atoms with Gasteiger partial charge in [-0.2, -0.15) is 0 Å². The maximum absolute atomic E-state index is 12.8. The number of amides is 1. The number of methoxy groups -OCH3 is 1. The molecule has 1 fully saturated rings. The van der Waals surface area contributed by atoms with Gasteiger partial charge in [-0.3, -0.25) is 4.79 Å². The summed E-state index contributed by atoms with van der Waals surface area (Å²) in [5.74, 6) is 1.19. The van der Waals surface area contributed by atoms with Crippen molar-refractivity contribution in [3.63, 3.8) is 0 Å². The van der Waals surface area contributed by atoms with Crippen LogP contribution in [-0.2, 0) is 17.8 Å². The number of likely N-dealkylation sites (tertiary alicyclic amines) is 1. The van der Waals surface area contributed by atoms with Gasteiger partial charge < -0.3 is 9.64 Å². The van der Waals surface area contributed by atoms with Gasteiger partial charge in [-0.1, -0.05) is 66.7 Å². The van der Waals surface area contributed by atoms with Crippen LogP contribution in [-0.4, -0.2) is 24.5 Å². The van der Waals surface area contributed by atoms with Crippen LogP contribution in [0.25, 0.3) is 11.1 Å². The van der Waals surface area contributed by atoms with Crippen molar-refractivity contribution in [2.45, 2.75) is 19.4 Å². The van der Waals surface area contributed by atoms with Crippen LogP contribution in [0.4, 0.5) is 0 Å². The molecule has 0 unspecified atom stereocenters. The molecule has 0 spiro atoms. The van der Waals surface area contributed by atoms with E-state index in [1.165, 1.54) is 16.7 Å². The quantitative estimate of drug-likeness (QED) is 0.613. The third-order valence-electron chi connectivity index (χ3n) is 5.48. The molecule has 0 aromatic heterocycles. The van der Waals surface area contributed by atoms with Gasteiger partial charge in [0, 0.05) is 19.0 Å². The van der Waals surface area contributed by atoms with Crippen molar-refractivity contribution in [3.8, 4) is 16.9 Å². The first-order valence-electron chi connectivity index (χ1n) is 9.79. The van der Waals surface area contributed by atoms with Crippen molar-refractivity contribution in [1.29, 1.82) is 0 Å². The smallest absolute Gasteiger partial charge is 0.226 e. The second-order valence-electron chi connectivity index (χ2n) is 7.36. The molecule has 1 saturated heterocycles. The van der Waals surface area contributed by atoms with Crippen molar-refractivity contribution in [1.82, 2.24) is 4.90 Å². The monoisotopic (exact) mass is 371 g/mol. The number of carbonyl (C=O) groups excluding carboxylic acids is 1. The van der Waals surface area contributed by atoms with Gasteiger partial charge in [0.1, 0.15) is 5.75 Å². The van der Waals surface area contributed by atoms with E-state index < -0.39 is 0 Å². The normalized spacial score (nSPS) is 16.4. The molecule has 142 valence electrons. The third kappa shape index (κ3) is 4.09. The first kappa shape index (κ1) is 18.3. The molecular weight excluding hydrogens is 346 g/mol. The molecule has 0 saturated carbocycles. The van der Waals surface area contributed by atoms with Crippen molar-refractivity contribution >= 4 is 5.91 Å². The summed E-state index contributed by atoms with van der Waals surface area (Å²) < 4.78 is 5.20. The predicted octanol–water partition coefficient (Wildman–Crippen LogP) is 4.95. The molecule has 0 aliphatic carbocycles. The minimum atomic E-state index is 0.0841. The summed E-state index contributed by atoms with van der Waals surface area (Å²) in [5.41, 5.74) is 4.80. The SMILES string of the molecule is COc1ccc(CN2CC[C@H](Cc3ccc(-c4ccccc4)cc3)C2=O)cc1. The zero-order valence-electron chi connectivity index (χ0n) is 16.2. The van der Waals surface area contributed by atoms with Gasteiger partial charge in [0.2, 0.25) is 5.91 Å². The fourth-order valence-electron chi connectivity index (χ4n) is 3.85. The van der Waals surface area contributed by atoms with Gasteiger partial charge >= 0.3 is 0 Å². The van der Waals surface area contributed by atoms with Gasteiger partial charge in [0.25, 0.3) is 0 Å². The Morgan fingerprint density at radius 3 is 2.18 bits per heavy atom. The van der Waals surface area contributed by atoms with Crippen molar-refractivity contribution in [3.05, 3.63) is 90.0 Å². The first-order chi connectivity index (χ1) is 13.7. The molecule has 3 aromatic carbocycles. The van der Waals surface area contributed by atoms with E-state index >= 15 is 0 Å². The highest BCUT2D eigenvalue weighted by atomic mass is 16.5. The molecule has 0 bridgehead atoms. The van der Waals surface area contributed by atoms with Gasteiger partial charge in [-0.25, -0.2) is 0 Å². The first-order valence-corrected chi connectivity index (χ1v) is 9.79. The summed E-state index contributed by atoms with van der Waals surface area (Å²) in [5, 5.41) is 0. The minimum absolute atomic E-state index is 0.0841. The zero-order valence-corrected chi connectivity index (χ0v) is 16.2. The average Bonchev–Trinajstić information content (AvgIpc) is 3.09. The average molecular weight is 371 g/mol. The third-order valence-corrected chi connectivity index (χ3v) is 5.48. The topological polar surface area (TPSA) is 29.5 Å². The Balaban J connectivity index is 1.37. The number of carbonyl (C=O) groups is 1. The van der Waals surface area contributed by atoms with Crippen LogP contribution in [0.5, 0.6) is 5.75 Å². The molecule has 3 heteroatoms. The minimum Gasteiger partial charge on any atom is -0.497 e. The Morgan fingerprint density at radius 1 is 0.857 bits per heavy atom. The van der Waals surface area contributed by atoms with Crippen molar-refractivity contribution in [2.75, 3.05) is 13.7 Å². The molecule has 3 aromatic rings. The van der Waals surface area contributed by atoms with E-state index in [1.54, 1.807) is 7.11 Å². The predicted molar refractivity (Wildman–Crippen MR) is 112 cm³/mol. The Labute approximate surface area is 166 Å². The summed E-state index contributed by atoms with van der Waals surface area (Å²) in [6, 6.07) is 26.9. The lowest BCUT2D eigenvalue weighted by Crippen LogP contribution is -2.27. The number of rotatable bonds is 6. The fraction of sp³-hybridized carbons (Fsp3) is 0.240. The van der Waals surface area contributed by atoms with Crippen LogP contribution >= 0.6 is 0 Å². The highest BCUT2D eigenvalue weighted by Crippen LogP contribution is 2.26. The zero-order chi connectivity index (χ0) is 19.3. The van der Waals surface area contributed by atoms with Crippen molar-refractivity contribution in [2.24, 2.45) is 5.92 Å².